The number of anilines is 5. The van der Waals surface area contributed by atoms with E-state index in [-0.39, 0.29) is 30.8 Å². The van der Waals surface area contributed by atoms with E-state index in [4.69, 9.17) is 10.3 Å². The molecule has 0 aliphatic carbocycles. The monoisotopic (exact) mass is 448 g/mol. The van der Waals surface area contributed by atoms with Gasteiger partial charge >= 0.3 is 0 Å². The van der Waals surface area contributed by atoms with E-state index < -0.39 is 5.82 Å². The number of carbonyl (C=O) groups excluding carboxylic acids is 1. The van der Waals surface area contributed by atoms with Crippen LogP contribution in [-0.2, 0) is 4.79 Å². The number of ether oxygens (including phenoxy) is 1. The summed E-state index contributed by atoms with van der Waals surface area (Å²) in [5.74, 6) is -0.123. The van der Waals surface area contributed by atoms with E-state index in [2.05, 4.69) is 35.9 Å². The van der Waals surface area contributed by atoms with E-state index >= 15 is 0 Å². The molecule has 1 aromatic heterocycles. The van der Waals surface area contributed by atoms with Crippen molar-refractivity contribution >= 4 is 34.7 Å². The first-order valence-electron chi connectivity index (χ1n) is 9.91. The maximum absolute atomic E-state index is 14.3. The van der Waals surface area contributed by atoms with Crippen molar-refractivity contribution < 1.29 is 13.9 Å². The molecule has 3 N–H and O–H groups in total. The minimum absolute atomic E-state index is 0.0255. The third-order valence-corrected chi connectivity index (χ3v) is 4.09. The van der Waals surface area contributed by atoms with Crippen LogP contribution in [0.5, 0.6) is 5.75 Å². The third kappa shape index (κ3) is 7.23. The topological polar surface area (TPSA) is 137 Å². The molecule has 11 heteroatoms. The summed E-state index contributed by atoms with van der Waals surface area (Å²) < 4.78 is 19.7. The molecule has 0 saturated heterocycles. The van der Waals surface area contributed by atoms with E-state index in [1.54, 1.807) is 61.5 Å². The number of benzene rings is 2. The van der Waals surface area contributed by atoms with Crippen molar-refractivity contribution in [3.8, 4) is 5.75 Å². The fourth-order valence-corrected chi connectivity index (χ4v) is 2.67. The van der Waals surface area contributed by atoms with Crippen molar-refractivity contribution in [1.29, 1.82) is 0 Å². The summed E-state index contributed by atoms with van der Waals surface area (Å²) in [7, 11) is 0. The van der Waals surface area contributed by atoms with Gasteiger partial charge in [0.2, 0.25) is 11.9 Å². The molecule has 2 aromatic carbocycles. The minimum Gasteiger partial charge on any atom is -0.493 e. The van der Waals surface area contributed by atoms with E-state index in [1.807, 2.05) is 0 Å². The average Bonchev–Trinajstić information content (AvgIpc) is 2.80. The number of hydrogen-bond acceptors (Lipinski definition) is 7. The van der Waals surface area contributed by atoms with Crippen LogP contribution in [0.3, 0.4) is 0 Å². The zero-order valence-electron chi connectivity index (χ0n) is 17.7. The Kier molecular flexibility index (Phi) is 8.15. The predicted octanol–water partition coefficient (Wildman–Crippen LogP) is 5.31. The first-order chi connectivity index (χ1) is 16.1. The van der Waals surface area contributed by atoms with E-state index in [9.17, 15) is 9.18 Å². The molecule has 33 heavy (non-hydrogen) atoms. The fraction of sp³-hybridized carbons (Fsp3) is 0.136. The van der Waals surface area contributed by atoms with Gasteiger partial charge in [0.05, 0.1) is 19.3 Å². The van der Waals surface area contributed by atoms with Crippen LogP contribution in [0.4, 0.5) is 33.2 Å². The van der Waals surface area contributed by atoms with Crippen LogP contribution < -0.4 is 20.7 Å². The molecule has 0 saturated carbocycles. The highest BCUT2D eigenvalue weighted by molar-refractivity contribution is 5.99. The Balaban J connectivity index is 1.66. The molecule has 10 nitrogen and oxygen atoms in total. The van der Waals surface area contributed by atoms with Crippen LogP contribution in [0.15, 0.2) is 72.0 Å². The minimum atomic E-state index is -0.632. The zero-order chi connectivity index (χ0) is 23.5. The Labute approximate surface area is 189 Å². The van der Waals surface area contributed by atoms with Gasteiger partial charge in [0.25, 0.3) is 0 Å². The van der Waals surface area contributed by atoms with Crippen molar-refractivity contribution in [3.63, 3.8) is 0 Å². The molecule has 0 unspecified atom stereocenters. The van der Waals surface area contributed by atoms with Crippen molar-refractivity contribution in [2.45, 2.75) is 6.92 Å². The molecule has 0 aliphatic heterocycles. The lowest BCUT2D eigenvalue weighted by Crippen LogP contribution is -2.08. The van der Waals surface area contributed by atoms with Gasteiger partial charge in [0.1, 0.15) is 5.75 Å². The number of nitrogens with zero attached hydrogens (tertiary/aromatic N) is 5. The highest BCUT2D eigenvalue weighted by atomic mass is 19.1. The van der Waals surface area contributed by atoms with Crippen LogP contribution in [0.25, 0.3) is 10.4 Å². The molecular formula is C22H21FN8O2. The maximum atomic E-state index is 14.3. The van der Waals surface area contributed by atoms with Gasteiger partial charge in [0.15, 0.2) is 11.6 Å². The number of amides is 1. The Morgan fingerprint density at radius 2 is 1.97 bits per heavy atom. The average molecular weight is 448 g/mol. The van der Waals surface area contributed by atoms with Crippen molar-refractivity contribution in [2.75, 3.05) is 29.1 Å². The third-order valence-electron chi connectivity index (χ3n) is 4.09. The quantitative estimate of drug-likeness (QED) is 0.126. The van der Waals surface area contributed by atoms with Crippen molar-refractivity contribution in [3.05, 3.63) is 83.1 Å². The number of halogens is 1. The molecule has 3 aromatic rings. The zero-order valence-corrected chi connectivity index (χ0v) is 17.7. The predicted molar refractivity (Wildman–Crippen MR) is 124 cm³/mol. The second-order valence-corrected chi connectivity index (χ2v) is 6.54. The molecule has 0 radical (unpaired) electrons. The van der Waals surface area contributed by atoms with Gasteiger partial charge < -0.3 is 20.7 Å². The highest BCUT2D eigenvalue weighted by Gasteiger charge is 2.09. The first-order valence-corrected chi connectivity index (χ1v) is 9.91. The van der Waals surface area contributed by atoms with Crippen LogP contribution in [0.1, 0.15) is 6.92 Å². The number of nitrogens with one attached hydrogen (secondary N) is 3. The van der Waals surface area contributed by atoms with Crippen LogP contribution in [0.2, 0.25) is 0 Å². The Morgan fingerprint density at radius 1 is 1.18 bits per heavy atom. The summed E-state index contributed by atoms with van der Waals surface area (Å²) in [5.41, 5.74) is 10.0. The molecule has 0 aliphatic rings. The lowest BCUT2D eigenvalue weighted by atomic mass is 10.2. The van der Waals surface area contributed by atoms with Crippen molar-refractivity contribution in [1.82, 2.24) is 9.97 Å². The molecule has 168 valence electrons. The molecule has 0 bridgehead atoms. The smallest absolute Gasteiger partial charge is 0.248 e. The molecule has 0 spiro atoms. The van der Waals surface area contributed by atoms with Crippen LogP contribution in [0, 0.1) is 5.82 Å². The normalized spacial score (nSPS) is 10.4. The van der Waals surface area contributed by atoms with Gasteiger partial charge in [-0.1, -0.05) is 17.3 Å². The van der Waals surface area contributed by atoms with Gasteiger partial charge in [-0.15, -0.1) is 0 Å². The van der Waals surface area contributed by atoms with E-state index in [0.29, 0.717) is 22.8 Å². The number of aromatic nitrogens is 2. The summed E-state index contributed by atoms with van der Waals surface area (Å²) in [4.78, 5) is 22.5. The Hall–Kier alpha value is -4.63. The lowest BCUT2D eigenvalue weighted by molar-refractivity contribution is -0.111. The first kappa shape index (κ1) is 23.0. The lowest BCUT2D eigenvalue weighted by Gasteiger charge is -2.11. The standard InChI is InChI=1S/C22H21FN8O2/c1-2-4-20(32)27-16-5-3-6-17(13-16)28-21-19(23)14-25-22(30-21)29-15-7-9-18(10-8-15)33-12-11-26-31-24/h2-10,13-14H,11-12H2,1H3,(H,27,32)(H2,25,28,29,30)/b4-2+. The summed E-state index contributed by atoms with van der Waals surface area (Å²) in [6.45, 7) is 2.26. The van der Waals surface area contributed by atoms with Gasteiger partial charge in [-0.25, -0.2) is 9.37 Å². The SMILES string of the molecule is C/C=C/C(=O)Nc1cccc(Nc2nc(Nc3ccc(OCCN=[N+]=[N-])cc3)ncc2F)c1. The van der Waals surface area contributed by atoms with Gasteiger partial charge in [0, 0.05) is 22.0 Å². The second-order valence-electron chi connectivity index (χ2n) is 6.54. The molecule has 0 atom stereocenters. The number of allylic oxidation sites excluding steroid dienone is 1. The summed E-state index contributed by atoms with van der Waals surface area (Å²) >= 11 is 0. The second kappa shape index (κ2) is 11.7. The van der Waals surface area contributed by atoms with Crippen LogP contribution >= 0.6 is 0 Å². The fourth-order valence-electron chi connectivity index (χ4n) is 2.67. The van der Waals surface area contributed by atoms with Gasteiger partial charge in [-0.05, 0) is 61.0 Å². The Morgan fingerprint density at radius 3 is 2.73 bits per heavy atom. The van der Waals surface area contributed by atoms with Crippen LogP contribution in [-0.4, -0.2) is 29.0 Å². The summed E-state index contributed by atoms with van der Waals surface area (Å²) in [5, 5.41) is 12.0. The molecule has 0 fully saturated rings. The molecule has 1 heterocycles. The number of hydrogen-bond donors (Lipinski definition) is 3. The summed E-state index contributed by atoms with van der Waals surface area (Å²) in [6, 6.07) is 13.8. The largest absolute Gasteiger partial charge is 0.493 e. The van der Waals surface area contributed by atoms with E-state index in [0.717, 1.165) is 6.20 Å². The van der Waals surface area contributed by atoms with Crippen molar-refractivity contribution in [2.24, 2.45) is 5.11 Å². The van der Waals surface area contributed by atoms with Gasteiger partial charge in [-0.3, -0.25) is 4.79 Å². The number of carbonyl (C=O) groups is 1. The maximum Gasteiger partial charge on any atom is 0.248 e. The molecule has 1 amide bonds. The molecule has 3 rings (SSSR count). The Bertz CT molecular complexity index is 1180. The number of azide groups is 1. The van der Waals surface area contributed by atoms with E-state index in [1.165, 1.54) is 6.08 Å². The van der Waals surface area contributed by atoms with Gasteiger partial charge in [-0.2, -0.15) is 4.98 Å². The summed E-state index contributed by atoms with van der Waals surface area (Å²) in [6.07, 6.45) is 4.10. The molecular weight excluding hydrogens is 427 g/mol. The highest BCUT2D eigenvalue weighted by Crippen LogP contribution is 2.23. The number of rotatable bonds is 10.